The Hall–Kier alpha value is -3.01. The third-order valence-corrected chi connectivity index (χ3v) is 4.65. The van der Waals surface area contributed by atoms with Crippen molar-refractivity contribution in [3.63, 3.8) is 0 Å². The minimum Gasteiger partial charge on any atom is -0.507 e. The maximum absolute atomic E-state index is 12.3. The van der Waals surface area contributed by atoms with Gasteiger partial charge in [0.15, 0.2) is 0 Å². The molecule has 0 saturated carbocycles. The molecule has 8 nitrogen and oxygen atoms in total. The topological polar surface area (TPSA) is 108 Å². The molecule has 1 fully saturated rings. The number of aromatic hydroxyl groups is 1. The van der Waals surface area contributed by atoms with Gasteiger partial charge >= 0.3 is 12.6 Å². The summed E-state index contributed by atoms with van der Waals surface area (Å²) in [7, 11) is 0. The van der Waals surface area contributed by atoms with Gasteiger partial charge in [0, 0.05) is 24.2 Å². The van der Waals surface area contributed by atoms with E-state index in [1.54, 1.807) is 13.0 Å². The standard InChI is InChI=1S/C19H22F2N4O4/c1-11-7-16(22-12-3-2-6-25(9-12)10-17(27)28)23-24-18(11)14-5-4-13(8-15(14)26)29-19(20)21/h4-5,7-8,12,19,26H,2-3,6,9-10H2,1H3,(H,22,23)(H,27,28). The molecule has 156 valence electrons. The van der Waals surface area contributed by atoms with E-state index in [2.05, 4.69) is 20.3 Å². The smallest absolute Gasteiger partial charge is 0.387 e. The first-order valence-corrected chi connectivity index (χ1v) is 9.15. The second-order valence-corrected chi connectivity index (χ2v) is 6.93. The number of alkyl halides is 2. The molecular weight excluding hydrogens is 386 g/mol. The third kappa shape index (κ3) is 5.50. The van der Waals surface area contributed by atoms with Crippen molar-refractivity contribution < 1.29 is 28.5 Å². The Kier molecular flexibility index (Phi) is 6.42. The van der Waals surface area contributed by atoms with E-state index in [0.29, 0.717) is 23.6 Å². The number of aliphatic carboxylic acids is 1. The Morgan fingerprint density at radius 3 is 2.83 bits per heavy atom. The number of carboxylic acids is 1. The molecule has 1 aromatic carbocycles. The van der Waals surface area contributed by atoms with Gasteiger partial charge in [-0.25, -0.2) is 0 Å². The van der Waals surface area contributed by atoms with Crippen LogP contribution in [0.1, 0.15) is 18.4 Å². The van der Waals surface area contributed by atoms with Crippen LogP contribution in [0.3, 0.4) is 0 Å². The number of benzene rings is 1. The molecule has 1 unspecified atom stereocenters. The van der Waals surface area contributed by atoms with E-state index in [0.717, 1.165) is 31.0 Å². The number of ether oxygens (including phenoxy) is 1. The first kappa shape index (κ1) is 20.7. The van der Waals surface area contributed by atoms with Gasteiger partial charge in [-0.2, -0.15) is 8.78 Å². The van der Waals surface area contributed by atoms with Crippen LogP contribution in [0, 0.1) is 6.92 Å². The maximum Gasteiger partial charge on any atom is 0.387 e. The number of carboxylic acid groups (broad SMARTS) is 1. The molecule has 0 bridgehead atoms. The normalized spacial score (nSPS) is 17.3. The van der Waals surface area contributed by atoms with Crippen molar-refractivity contribution in [2.45, 2.75) is 32.4 Å². The summed E-state index contributed by atoms with van der Waals surface area (Å²) in [6.07, 6.45) is 1.78. The number of anilines is 1. The fourth-order valence-corrected chi connectivity index (χ4v) is 3.43. The summed E-state index contributed by atoms with van der Waals surface area (Å²) in [5.41, 5.74) is 1.51. The predicted molar refractivity (Wildman–Crippen MR) is 101 cm³/mol. The molecule has 1 saturated heterocycles. The molecule has 1 atom stereocenters. The average Bonchev–Trinajstić information content (AvgIpc) is 2.62. The average molecular weight is 408 g/mol. The molecule has 2 heterocycles. The molecule has 29 heavy (non-hydrogen) atoms. The molecule has 2 aromatic rings. The number of halogens is 2. The van der Waals surface area contributed by atoms with E-state index in [-0.39, 0.29) is 24.1 Å². The molecule has 0 aliphatic carbocycles. The Bertz CT molecular complexity index is 881. The fourth-order valence-electron chi connectivity index (χ4n) is 3.43. The van der Waals surface area contributed by atoms with Gasteiger partial charge in [0.25, 0.3) is 0 Å². The van der Waals surface area contributed by atoms with Gasteiger partial charge in [0.2, 0.25) is 0 Å². The van der Waals surface area contributed by atoms with Crippen LogP contribution in [-0.2, 0) is 4.79 Å². The molecule has 0 spiro atoms. The summed E-state index contributed by atoms with van der Waals surface area (Å²) in [6, 6.07) is 5.71. The lowest BCUT2D eigenvalue weighted by atomic mass is 10.0. The number of piperidine rings is 1. The van der Waals surface area contributed by atoms with Crippen LogP contribution in [0.4, 0.5) is 14.6 Å². The van der Waals surface area contributed by atoms with Crippen molar-refractivity contribution in [1.82, 2.24) is 15.1 Å². The van der Waals surface area contributed by atoms with E-state index >= 15 is 0 Å². The highest BCUT2D eigenvalue weighted by molar-refractivity contribution is 5.71. The van der Waals surface area contributed by atoms with Gasteiger partial charge in [0.05, 0.1) is 12.2 Å². The van der Waals surface area contributed by atoms with Crippen molar-refractivity contribution >= 4 is 11.8 Å². The lowest BCUT2D eigenvalue weighted by Crippen LogP contribution is -2.44. The summed E-state index contributed by atoms with van der Waals surface area (Å²) >= 11 is 0. The van der Waals surface area contributed by atoms with Crippen molar-refractivity contribution in [3.8, 4) is 22.8 Å². The van der Waals surface area contributed by atoms with Crippen LogP contribution in [0.15, 0.2) is 24.3 Å². The van der Waals surface area contributed by atoms with Crippen LogP contribution in [0.25, 0.3) is 11.3 Å². The van der Waals surface area contributed by atoms with Crippen LogP contribution < -0.4 is 10.1 Å². The van der Waals surface area contributed by atoms with Crippen molar-refractivity contribution in [1.29, 1.82) is 0 Å². The minimum absolute atomic E-state index is 0.00632. The molecular formula is C19H22F2N4O4. The number of nitrogens with zero attached hydrogens (tertiary/aromatic N) is 3. The summed E-state index contributed by atoms with van der Waals surface area (Å²) in [4.78, 5) is 12.8. The van der Waals surface area contributed by atoms with Crippen LogP contribution >= 0.6 is 0 Å². The zero-order valence-corrected chi connectivity index (χ0v) is 15.8. The largest absolute Gasteiger partial charge is 0.507 e. The summed E-state index contributed by atoms with van der Waals surface area (Å²) in [5.74, 6) is -0.688. The number of phenols is 1. The van der Waals surface area contributed by atoms with Gasteiger partial charge < -0.3 is 20.3 Å². The number of aryl methyl sites for hydroxylation is 1. The van der Waals surface area contributed by atoms with Crippen molar-refractivity contribution in [2.75, 3.05) is 25.0 Å². The van der Waals surface area contributed by atoms with E-state index in [1.165, 1.54) is 12.1 Å². The fraction of sp³-hybridized carbons (Fsp3) is 0.421. The number of nitrogens with one attached hydrogen (secondary N) is 1. The quantitative estimate of drug-likeness (QED) is 0.642. The zero-order valence-electron chi connectivity index (χ0n) is 15.8. The second kappa shape index (κ2) is 8.99. The zero-order chi connectivity index (χ0) is 21.0. The van der Waals surface area contributed by atoms with E-state index in [9.17, 15) is 18.7 Å². The number of likely N-dealkylation sites (tertiary alicyclic amines) is 1. The number of aromatic nitrogens is 2. The SMILES string of the molecule is Cc1cc(NC2CCCN(CC(=O)O)C2)nnc1-c1ccc(OC(F)F)cc1O. The van der Waals surface area contributed by atoms with Gasteiger partial charge in [-0.15, -0.1) is 10.2 Å². The van der Waals surface area contributed by atoms with E-state index < -0.39 is 12.6 Å². The van der Waals surface area contributed by atoms with Gasteiger partial charge in [-0.05, 0) is 50.1 Å². The minimum atomic E-state index is -2.97. The summed E-state index contributed by atoms with van der Waals surface area (Å²) in [5, 5.41) is 30.7. The molecule has 0 amide bonds. The maximum atomic E-state index is 12.3. The molecule has 10 heteroatoms. The summed E-state index contributed by atoms with van der Waals surface area (Å²) < 4.78 is 28.9. The highest BCUT2D eigenvalue weighted by Gasteiger charge is 2.22. The Labute approximate surface area is 166 Å². The predicted octanol–water partition coefficient (Wildman–Crippen LogP) is 2.72. The van der Waals surface area contributed by atoms with Crippen LogP contribution in [0.5, 0.6) is 11.5 Å². The molecule has 3 N–H and O–H groups in total. The van der Waals surface area contributed by atoms with Crippen LogP contribution in [-0.4, -0.2) is 63.6 Å². The molecule has 3 rings (SSSR count). The second-order valence-electron chi connectivity index (χ2n) is 6.93. The van der Waals surface area contributed by atoms with Crippen LogP contribution in [0.2, 0.25) is 0 Å². The molecule has 0 radical (unpaired) electrons. The molecule has 1 aromatic heterocycles. The lowest BCUT2D eigenvalue weighted by Gasteiger charge is -2.32. The Morgan fingerprint density at radius 2 is 2.17 bits per heavy atom. The van der Waals surface area contributed by atoms with Gasteiger partial charge in [0.1, 0.15) is 17.3 Å². The third-order valence-electron chi connectivity index (χ3n) is 4.65. The number of carbonyl (C=O) groups is 1. The van der Waals surface area contributed by atoms with Gasteiger partial charge in [-0.1, -0.05) is 0 Å². The Balaban J connectivity index is 1.71. The number of phenolic OH excluding ortho intramolecular Hbond substituents is 1. The van der Waals surface area contributed by atoms with Gasteiger partial charge in [-0.3, -0.25) is 9.69 Å². The summed E-state index contributed by atoms with van der Waals surface area (Å²) in [6.45, 7) is 0.181. The number of hydrogen-bond donors (Lipinski definition) is 3. The number of hydrogen-bond acceptors (Lipinski definition) is 7. The monoisotopic (exact) mass is 408 g/mol. The van der Waals surface area contributed by atoms with E-state index in [1.807, 2.05) is 4.90 Å². The molecule has 1 aliphatic heterocycles. The first-order chi connectivity index (χ1) is 13.8. The highest BCUT2D eigenvalue weighted by Crippen LogP contribution is 2.33. The number of rotatable bonds is 7. The van der Waals surface area contributed by atoms with E-state index in [4.69, 9.17) is 5.11 Å². The van der Waals surface area contributed by atoms with Crippen molar-refractivity contribution in [2.24, 2.45) is 0 Å². The Morgan fingerprint density at radius 1 is 1.38 bits per heavy atom. The van der Waals surface area contributed by atoms with Crippen molar-refractivity contribution in [3.05, 3.63) is 29.8 Å². The highest BCUT2D eigenvalue weighted by atomic mass is 19.3. The molecule has 1 aliphatic rings. The first-order valence-electron chi connectivity index (χ1n) is 9.15. The lowest BCUT2D eigenvalue weighted by molar-refractivity contribution is -0.138.